The van der Waals surface area contributed by atoms with Crippen molar-refractivity contribution in [3.8, 4) is 5.75 Å². The van der Waals surface area contributed by atoms with Crippen LogP contribution in [0.2, 0.25) is 5.02 Å². The molecule has 0 saturated carbocycles. The summed E-state index contributed by atoms with van der Waals surface area (Å²) >= 11 is 6.29. The molecule has 0 aromatic heterocycles. The van der Waals surface area contributed by atoms with Gasteiger partial charge in [-0.25, -0.2) is 0 Å². The van der Waals surface area contributed by atoms with Crippen LogP contribution in [0, 0.1) is 0 Å². The number of nitrogens with zero attached hydrogens (tertiary/aromatic N) is 1. The van der Waals surface area contributed by atoms with Crippen molar-refractivity contribution < 1.29 is 4.74 Å². The van der Waals surface area contributed by atoms with E-state index in [0.29, 0.717) is 17.7 Å². The van der Waals surface area contributed by atoms with Crippen molar-refractivity contribution in [2.75, 3.05) is 32.8 Å². The number of rotatable bonds is 9. The van der Waals surface area contributed by atoms with E-state index in [2.05, 4.69) is 44.0 Å². The van der Waals surface area contributed by atoms with Gasteiger partial charge in [0.05, 0.1) is 5.02 Å². The van der Waals surface area contributed by atoms with Gasteiger partial charge in [0, 0.05) is 12.6 Å². The first-order valence-electron chi connectivity index (χ1n) is 7.50. The first kappa shape index (κ1) is 17.3. The standard InChI is InChI=1S/C16H27ClN2O/c1-5-18-13(4)14-8-9-16(15(17)12-14)20-11-10-19(6-2)7-3/h8-9,12-13,18H,5-7,10-11H2,1-4H3. The quantitative estimate of drug-likeness (QED) is 0.752. The van der Waals surface area contributed by atoms with Gasteiger partial charge in [0.2, 0.25) is 0 Å². The topological polar surface area (TPSA) is 24.5 Å². The molecule has 114 valence electrons. The molecular weight excluding hydrogens is 272 g/mol. The van der Waals surface area contributed by atoms with Gasteiger partial charge in [-0.05, 0) is 44.3 Å². The van der Waals surface area contributed by atoms with E-state index < -0.39 is 0 Å². The van der Waals surface area contributed by atoms with Gasteiger partial charge in [-0.1, -0.05) is 38.4 Å². The molecule has 0 aliphatic carbocycles. The Morgan fingerprint density at radius 3 is 2.50 bits per heavy atom. The van der Waals surface area contributed by atoms with E-state index in [-0.39, 0.29) is 0 Å². The molecule has 0 saturated heterocycles. The molecule has 1 aromatic carbocycles. The van der Waals surface area contributed by atoms with E-state index in [4.69, 9.17) is 16.3 Å². The van der Waals surface area contributed by atoms with Crippen molar-refractivity contribution in [1.29, 1.82) is 0 Å². The second kappa shape index (κ2) is 9.22. The molecule has 3 nitrogen and oxygen atoms in total. The summed E-state index contributed by atoms with van der Waals surface area (Å²) in [4.78, 5) is 2.33. The van der Waals surface area contributed by atoms with Crippen LogP contribution in [0.1, 0.15) is 39.3 Å². The van der Waals surface area contributed by atoms with Gasteiger partial charge in [0.1, 0.15) is 12.4 Å². The number of hydrogen-bond acceptors (Lipinski definition) is 3. The molecule has 0 bridgehead atoms. The van der Waals surface area contributed by atoms with Crippen LogP contribution in [0.25, 0.3) is 0 Å². The number of hydrogen-bond donors (Lipinski definition) is 1. The molecule has 0 aliphatic rings. The van der Waals surface area contributed by atoms with E-state index >= 15 is 0 Å². The maximum absolute atomic E-state index is 6.29. The van der Waals surface area contributed by atoms with Gasteiger partial charge < -0.3 is 15.0 Å². The molecule has 0 radical (unpaired) electrons. The maximum Gasteiger partial charge on any atom is 0.137 e. The molecule has 1 aromatic rings. The Morgan fingerprint density at radius 1 is 1.25 bits per heavy atom. The van der Waals surface area contributed by atoms with Gasteiger partial charge >= 0.3 is 0 Å². The lowest BCUT2D eigenvalue weighted by Gasteiger charge is -2.19. The van der Waals surface area contributed by atoms with E-state index in [1.54, 1.807) is 0 Å². The Morgan fingerprint density at radius 2 is 1.95 bits per heavy atom. The van der Waals surface area contributed by atoms with Gasteiger partial charge in [-0.15, -0.1) is 0 Å². The minimum Gasteiger partial charge on any atom is -0.491 e. The molecule has 0 spiro atoms. The van der Waals surface area contributed by atoms with Crippen molar-refractivity contribution in [2.24, 2.45) is 0 Å². The summed E-state index contributed by atoms with van der Waals surface area (Å²) in [6.07, 6.45) is 0. The number of halogens is 1. The lowest BCUT2D eigenvalue weighted by atomic mass is 10.1. The molecule has 1 unspecified atom stereocenters. The predicted octanol–water partition coefficient (Wildman–Crippen LogP) is 3.73. The van der Waals surface area contributed by atoms with E-state index in [9.17, 15) is 0 Å². The lowest BCUT2D eigenvalue weighted by molar-refractivity contribution is 0.223. The Hall–Kier alpha value is -0.770. The molecule has 0 aliphatic heterocycles. The van der Waals surface area contributed by atoms with Crippen molar-refractivity contribution in [3.05, 3.63) is 28.8 Å². The number of ether oxygens (including phenoxy) is 1. The average molecular weight is 299 g/mol. The maximum atomic E-state index is 6.29. The first-order valence-corrected chi connectivity index (χ1v) is 7.88. The SMILES string of the molecule is CCNC(C)c1ccc(OCCN(CC)CC)c(Cl)c1. The van der Waals surface area contributed by atoms with Crippen molar-refractivity contribution in [3.63, 3.8) is 0 Å². The monoisotopic (exact) mass is 298 g/mol. The van der Waals surface area contributed by atoms with Gasteiger partial charge in [-0.3, -0.25) is 0 Å². The summed E-state index contributed by atoms with van der Waals surface area (Å²) in [5, 5.41) is 4.06. The van der Waals surface area contributed by atoms with Crippen molar-refractivity contribution >= 4 is 11.6 Å². The van der Waals surface area contributed by atoms with Crippen LogP contribution in [0.3, 0.4) is 0 Å². The fourth-order valence-electron chi connectivity index (χ4n) is 2.15. The van der Waals surface area contributed by atoms with Crippen LogP contribution in [-0.4, -0.2) is 37.7 Å². The number of benzene rings is 1. The molecule has 1 rings (SSSR count). The zero-order chi connectivity index (χ0) is 15.0. The minimum absolute atomic E-state index is 0.308. The van der Waals surface area contributed by atoms with Crippen LogP contribution >= 0.6 is 11.6 Å². The summed E-state index contributed by atoms with van der Waals surface area (Å²) in [6.45, 7) is 13.2. The van der Waals surface area contributed by atoms with E-state index in [0.717, 1.165) is 31.9 Å². The van der Waals surface area contributed by atoms with Gasteiger partial charge in [0.15, 0.2) is 0 Å². The highest BCUT2D eigenvalue weighted by atomic mass is 35.5. The van der Waals surface area contributed by atoms with E-state index in [1.165, 1.54) is 5.56 Å². The molecule has 0 heterocycles. The normalized spacial score (nSPS) is 12.7. The highest BCUT2D eigenvalue weighted by Crippen LogP contribution is 2.27. The molecule has 1 N–H and O–H groups in total. The summed E-state index contributed by atoms with van der Waals surface area (Å²) in [5.41, 5.74) is 1.19. The highest BCUT2D eigenvalue weighted by molar-refractivity contribution is 6.32. The summed E-state index contributed by atoms with van der Waals surface area (Å²) in [6, 6.07) is 6.34. The molecular formula is C16H27ClN2O. The van der Waals surface area contributed by atoms with Gasteiger partial charge in [-0.2, -0.15) is 0 Å². The number of likely N-dealkylation sites (N-methyl/N-ethyl adjacent to an activating group) is 1. The Bertz CT molecular complexity index is 394. The van der Waals surface area contributed by atoms with E-state index in [1.807, 2.05) is 12.1 Å². The average Bonchev–Trinajstić information content (AvgIpc) is 2.45. The zero-order valence-electron chi connectivity index (χ0n) is 13.1. The third-order valence-electron chi connectivity index (χ3n) is 3.53. The Kier molecular flexibility index (Phi) is 7.97. The molecule has 0 amide bonds. The first-order chi connectivity index (χ1) is 9.62. The smallest absolute Gasteiger partial charge is 0.137 e. The lowest BCUT2D eigenvalue weighted by Crippen LogP contribution is -2.27. The predicted molar refractivity (Wildman–Crippen MR) is 86.8 cm³/mol. The Labute approximate surface area is 128 Å². The van der Waals surface area contributed by atoms with Crippen LogP contribution < -0.4 is 10.1 Å². The molecule has 20 heavy (non-hydrogen) atoms. The summed E-state index contributed by atoms with van der Waals surface area (Å²) < 4.78 is 5.77. The fourth-order valence-corrected chi connectivity index (χ4v) is 2.40. The molecule has 0 fully saturated rings. The largest absolute Gasteiger partial charge is 0.491 e. The Balaban J connectivity index is 2.55. The molecule has 1 atom stereocenters. The third-order valence-corrected chi connectivity index (χ3v) is 3.82. The van der Waals surface area contributed by atoms with Crippen LogP contribution in [0.4, 0.5) is 0 Å². The summed E-state index contributed by atoms with van der Waals surface area (Å²) in [7, 11) is 0. The second-order valence-corrected chi connectivity index (χ2v) is 5.25. The highest BCUT2D eigenvalue weighted by Gasteiger charge is 2.08. The fraction of sp³-hybridized carbons (Fsp3) is 0.625. The van der Waals surface area contributed by atoms with Crippen molar-refractivity contribution in [1.82, 2.24) is 10.2 Å². The van der Waals surface area contributed by atoms with Crippen LogP contribution in [0.5, 0.6) is 5.75 Å². The van der Waals surface area contributed by atoms with Crippen LogP contribution in [0.15, 0.2) is 18.2 Å². The summed E-state index contributed by atoms with van der Waals surface area (Å²) in [5.74, 6) is 0.770. The zero-order valence-corrected chi connectivity index (χ0v) is 13.8. The second-order valence-electron chi connectivity index (χ2n) is 4.84. The number of nitrogens with one attached hydrogen (secondary N) is 1. The van der Waals surface area contributed by atoms with Crippen molar-refractivity contribution in [2.45, 2.75) is 33.7 Å². The third kappa shape index (κ3) is 5.31. The van der Waals surface area contributed by atoms with Gasteiger partial charge in [0.25, 0.3) is 0 Å². The minimum atomic E-state index is 0.308. The molecule has 4 heteroatoms. The van der Waals surface area contributed by atoms with Crippen LogP contribution in [-0.2, 0) is 0 Å².